The van der Waals surface area contributed by atoms with E-state index in [1.807, 2.05) is 14.0 Å². The Morgan fingerprint density at radius 3 is 2.68 bits per heavy atom. The molecule has 0 aromatic carbocycles. The van der Waals surface area contributed by atoms with Gasteiger partial charge in [0.25, 0.3) is 5.91 Å². The number of nitrogens with zero attached hydrogens (tertiary/aromatic N) is 2. The number of rotatable bonds is 5. The van der Waals surface area contributed by atoms with Crippen LogP contribution in [0.3, 0.4) is 0 Å². The molecule has 1 amide bonds. The number of nitrogens with one attached hydrogen (secondary N) is 1. The molecule has 1 aromatic rings. The second-order valence-corrected chi connectivity index (χ2v) is 6.71. The molecule has 0 aliphatic heterocycles. The summed E-state index contributed by atoms with van der Waals surface area (Å²) in [5.41, 5.74) is 1.63. The molecular formula is C14H24ClN3O. The number of carbonyl (C=O) groups is 1. The lowest BCUT2D eigenvalue weighted by Gasteiger charge is -2.21. The topological polar surface area (TPSA) is 46.9 Å². The van der Waals surface area contributed by atoms with Gasteiger partial charge in [-0.2, -0.15) is 5.10 Å². The lowest BCUT2D eigenvalue weighted by molar-refractivity contribution is 0.0951. The Labute approximate surface area is 120 Å². The molecule has 0 radical (unpaired) electrons. The molecule has 1 atom stereocenters. The molecule has 0 bridgehead atoms. The van der Waals surface area contributed by atoms with Crippen molar-refractivity contribution in [3.8, 4) is 0 Å². The van der Waals surface area contributed by atoms with Crippen LogP contribution >= 0.6 is 11.6 Å². The highest BCUT2D eigenvalue weighted by molar-refractivity contribution is 6.21. The zero-order chi connectivity index (χ0) is 14.6. The SMILES string of the molecule is CCc1nn(C)cc1C(=O)NCC(Cl)CC(C)(C)C. The third-order valence-electron chi connectivity index (χ3n) is 2.80. The standard InChI is InChI=1S/C14H24ClN3O/c1-6-12-11(9-18(5)17-12)13(19)16-8-10(15)7-14(2,3)4/h9-10H,6-8H2,1-5H3,(H,16,19). The number of halogens is 1. The van der Waals surface area contributed by atoms with Crippen molar-refractivity contribution < 1.29 is 4.79 Å². The molecule has 1 aromatic heterocycles. The lowest BCUT2D eigenvalue weighted by atomic mass is 9.90. The molecule has 108 valence electrons. The van der Waals surface area contributed by atoms with E-state index in [0.29, 0.717) is 12.1 Å². The molecule has 0 aliphatic rings. The third kappa shape index (κ3) is 5.23. The van der Waals surface area contributed by atoms with Crippen molar-refractivity contribution in [2.45, 2.75) is 45.9 Å². The second-order valence-electron chi connectivity index (χ2n) is 6.09. The number of hydrogen-bond donors (Lipinski definition) is 1. The average molecular weight is 286 g/mol. The summed E-state index contributed by atoms with van der Waals surface area (Å²) in [6, 6.07) is 0. The lowest BCUT2D eigenvalue weighted by Crippen LogP contribution is -2.32. The molecule has 0 fully saturated rings. The van der Waals surface area contributed by atoms with Crippen LogP contribution in [-0.4, -0.2) is 27.6 Å². The molecule has 1 heterocycles. The summed E-state index contributed by atoms with van der Waals surface area (Å²) in [5, 5.41) is 7.09. The van der Waals surface area contributed by atoms with Gasteiger partial charge in [-0.25, -0.2) is 0 Å². The van der Waals surface area contributed by atoms with Gasteiger partial charge in [0.2, 0.25) is 0 Å². The predicted molar refractivity (Wildman–Crippen MR) is 78.6 cm³/mol. The normalized spacial score (nSPS) is 13.4. The van der Waals surface area contributed by atoms with Gasteiger partial charge in [-0.05, 0) is 18.3 Å². The molecule has 1 unspecified atom stereocenters. The van der Waals surface area contributed by atoms with E-state index in [0.717, 1.165) is 18.5 Å². The minimum absolute atomic E-state index is 0.0503. The maximum absolute atomic E-state index is 12.1. The Morgan fingerprint density at radius 1 is 1.53 bits per heavy atom. The van der Waals surface area contributed by atoms with Crippen LogP contribution < -0.4 is 5.32 Å². The highest BCUT2D eigenvalue weighted by Crippen LogP contribution is 2.23. The van der Waals surface area contributed by atoms with Crippen LogP contribution in [0.1, 0.15) is 50.2 Å². The Bertz CT molecular complexity index is 434. The Hall–Kier alpha value is -1.03. The number of alkyl halides is 1. The monoisotopic (exact) mass is 285 g/mol. The zero-order valence-electron chi connectivity index (χ0n) is 12.5. The Kier molecular flexibility index (Phi) is 5.41. The first kappa shape index (κ1) is 16.0. The molecule has 1 N–H and O–H groups in total. The van der Waals surface area contributed by atoms with Crippen LogP contribution in [0.2, 0.25) is 0 Å². The van der Waals surface area contributed by atoms with Crippen molar-refractivity contribution in [3.05, 3.63) is 17.5 Å². The van der Waals surface area contributed by atoms with Crippen LogP contribution in [-0.2, 0) is 13.5 Å². The first-order chi connectivity index (χ1) is 8.73. The smallest absolute Gasteiger partial charge is 0.254 e. The van der Waals surface area contributed by atoms with Gasteiger partial charge in [0.05, 0.1) is 16.6 Å². The van der Waals surface area contributed by atoms with E-state index < -0.39 is 0 Å². The van der Waals surface area contributed by atoms with Crippen molar-refractivity contribution in [2.75, 3.05) is 6.54 Å². The first-order valence-corrected chi connectivity index (χ1v) is 7.11. The molecule has 0 saturated heterocycles. The number of hydrogen-bond acceptors (Lipinski definition) is 2. The highest BCUT2D eigenvalue weighted by atomic mass is 35.5. The largest absolute Gasteiger partial charge is 0.350 e. The van der Waals surface area contributed by atoms with Gasteiger partial charge < -0.3 is 5.32 Å². The maximum atomic E-state index is 12.1. The number of carbonyl (C=O) groups excluding carboxylic acids is 1. The molecule has 19 heavy (non-hydrogen) atoms. The van der Waals surface area contributed by atoms with Gasteiger partial charge in [0, 0.05) is 19.8 Å². The first-order valence-electron chi connectivity index (χ1n) is 6.67. The van der Waals surface area contributed by atoms with Gasteiger partial charge in [-0.3, -0.25) is 9.48 Å². The van der Waals surface area contributed by atoms with Crippen molar-refractivity contribution in [3.63, 3.8) is 0 Å². The van der Waals surface area contributed by atoms with Crippen molar-refractivity contribution in [1.29, 1.82) is 0 Å². The summed E-state index contributed by atoms with van der Waals surface area (Å²) < 4.78 is 1.67. The third-order valence-corrected chi connectivity index (χ3v) is 3.11. The molecule has 0 aliphatic carbocycles. The summed E-state index contributed by atoms with van der Waals surface area (Å²) in [6.07, 6.45) is 3.36. The molecule has 0 spiro atoms. The van der Waals surface area contributed by atoms with Crippen molar-refractivity contribution in [1.82, 2.24) is 15.1 Å². The van der Waals surface area contributed by atoms with Gasteiger partial charge in [-0.15, -0.1) is 11.6 Å². The Balaban J connectivity index is 2.56. The fraction of sp³-hybridized carbons (Fsp3) is 0.714. The van der Waals surface area contributed by atoms with Crippen molar-refractivity contribution >= 4 is 17.5 Å². The van der Waals surface area contributed by atoms with Crippen LogP contribution in [0.15, 0.2) is 6.20 Å². The maximum Gasteiger partial charge on any atom is 0.254 e. The summed E-state index contributed by atoms with van der Waals surface area (Å²) in [5.74, 6) is -0.0930. The van der Waals surface area contributed by atoms with E-state index in [4.69, 9.17) is 11.6 Å². The highest BCUT2D eigenvalue weighted by Gasteiger charge is 2.19. The van der Waals surface area contributed by atoms with Crippen molar-refractivity contribution in [2.24, 2.45) is 12.5 Å². The molecule has 4 nitrogen and oxygen atoms in total. The van der Waals surface area contributed by atoms with E-state index in [2.05, 4.69) is 31.2 Å². The number of aromatic nitrogens is 2. The summed E-state index contributed by atoms with van der Waals surface area (Å²) in [7, 11) is 1.82. The number of amides is 1. The quantitative estimate of drug-likeness (QED) is 0.846. The molecule has 0 saturated carbocycles. The van der Waals surface area contributed by atoms with E-state index in [9.17, 15) is 4.79 Å². The van der Waals surface area contributed by atoms with Crippen LogP contribution in [0.4, 0.5) is 0 Å². The predicted octanol–water partition coefficient (Wildman–Crippen LogP) is 2.76. The fourth-order valence-corrected chi connectivity index (χ4v) is 2.56. The van der Waals surface area contributed by atoms with E-state index >= 15 is 0 Å². The van der Waals surface area contributed by atoms with Gasteiger partial charge in [-0.1, -0.05) is 27.7 Å². The van der Waals surface area contributed by atoms with Crippen LogP contribution in [0.25, 0.3) is 0 Å². The second kappa shape index (κ2) is 6.42. The summed E-state index contributed by atoms with van der Waals surface area (Å²) in [6.45, 7) is 8.89. The summed E-state index contributed by atoms with van der Waals surface area (Å²) >= 11 is 6.24. The van der Waals surface area contributed by atoms with Gasteiger partial charge in [0.1, 0.15) is 0 Å². The minimum Gasteiger partial charge on any atom is -0.350 e. The molecule has 1 rings (SSSR count). The zero-order valence-corrected chi connectivity index (χ0v) is 13.2. The van der Waals surface area contributed by atoms with Gasteiger partial charge in [0.15, 0.2) is 0 Å². The van der Waals surface area contributed by atoms with Crippen LogP contribution in [0, 0.1) is 5.41 Å². The number of aryl methyl sites for hydroxylation is 2. The Morgan fingerprint density at radius 2 is 2.16 bits per heavy atom. The van der Waals surface area contributed by atoms with E-state index in [1.54, 1.807) is 10.9 Å². The molecule has 5 heteroatoms. The minimum atomic E-state index is -0.0930. The van der Waals surface area contributed by atoms with E-state index in [1.165, 1.54) is 0 Å². The van der Waals surface area contributed by atoms with Crippen LogP contribution in [0.5, 0.6) is 0 Å². The average Bonchev–Trinajstić information content (AvgIpc) is 2.65. The van der Waals surface area contributed by atoms with Gasteiger partial charge >= 0.3 is 0 Å². The molecular weight excluding hydrogens is 262 g/mol. The van der Waals surface area contributed by atoms with E-state index in [-0.39, 0.29) is 16.7 Å². The summed E-state index contributed by atoms with van der Waals surface area (Å²) in [4.78, 5) is 12.1. The fourth-order valence-electron chi connectivity index (χ4n) is 2.02.